The molecule has 2 aromatic carbocycles. The number of carbonyl (C=O) groups excluding carboxylic acids is 2. The Labute approximate surface area is 228 Å². The molecule has 0 saturated carbocycles. The molecular formula is C30H38N2O5S. The number of carbonyl (C=O) groups is 2. The van der Waals surface area contributed by atoms with Gasteiger partial charge in [-0.15, -0.1) is 11.8 Å². The van der Waals surface area contributed by atoms with Gasteiger partial charge in [-0.2, -0.15) is 0 Å². The number of aromatic nitrogens is 1. The van der Waals surface area contributed by atoms with Gasteiger partial charge in [-0.05, 0) is 48.9 Å². The molecule has 7 nitrogen and oxygen atoms in total. The number of nitrogens with zero attached hydrogens (tertiary/aromatic N) is 2. The van der Waals surface area contributed by atoms with E-state index in [1.165, 1.54) is 35.8 Å². The molecule has 0 fully saturated rings. The number of rotatable bonds is 14. The van der Waals surface area contributed by atoms with Crippen LogP contribution in [0.15, 0.2) is 58.2 Å². The molecule has 204 valence electrons. The highest BCUT2D eigenvalue weighted by Gasteiger charge is 2.24. The molecule has 8 heteroatoms. The number of aromatic hydroxyl groups is 1. The van der Waals surface area contributed by atoms with Gasteiger partial charge in [0.1, 0.15) is 11.3 Å². The van der Waals surface area contributed by atoms with Crippen LogP contribution in [0.5, 0.6) is 5.75 Å². The van der Waals surface area contributed by atoms with Crippen LogP contribution in [0.2, 0.25) is 0 Å². The van der Waals surface area contributed by atoms with Gasteiger partial charge in [-0.25, -0.2) is 0 Å². The van der Waals surface area contributed by atoms with E-state index in [-0.39, 0.29) is 17.3 Å². The van der Waals surface area contributed by atoms with E-state index in [0.717, 1.165) is 42.8 Å². The van der Waals surface area contributed by atoms with Crippen LogP contribution >= 0.6 is 11.8 Å². The smallest absolute Gasteiger partial charge is 0.305 e. The first-order valence-electron chi connectivity index (χ1n) is 13.2. The van der Waals surface area contributed by atoms with Gasteiger partial charge in [-0.3, -0.25) is 14.4 Å². The summed E-state index contributed by atoms with van der Waals surface area (Å²) in [7, 11) is 4.65. The summed E-state index contributed by atoms with van der Waals surface area (Å²) < 4.78 is 6.08. The fourth-order valence-corrected chi connectivity index (χ4v) is 5.40. The molecule has 1 aromatic heterocycles. The lowest BCUT2D eigenvalue weighted by Crippen LogP contribution is -2.34. The van der Waals surface area contributed by atoms with Crippen molar-refractivity contribution in [3.63, 3.8) is 0 Å². The number of anilines is 1. The SMILES string of the molecule is COC(=O)CCCCCCCCCCSc1ccc2c(c1)c(O)c(C(=O)N(C)c1ccccc1)c(=O)n2C. The van der Waals surface area contributed by atoms with Crippen molar-refractivity contribution >= 4 is 40.2 Å². The Morgan fingerprint density at radius 2 is 1.58 bits per heavy atom. The number of hydrogen-bond acceptors (Lipinski definition) is 6. The monoisotopic (exact) mass is 538 g/mol. The third kappa shape index (κ3) is 7.63. The maximum Gasteiger partial charge on any atom is 0.305 e. The van der Waals surface area contributed by atoms with Crippen molar-refractivity contribution in [3.05, 3.63) is 64.4 Å². The first kappa shape index (κ1) is 29.3. The Morgan fingerprint density at radius 3 is 2.24 bits per heavy atom. The maximum absolute atomic E-state index is 13.2. The third-order valence-electron chi connectivity index (χ3n) is 6.77. The second kappa shape index (κ2) is 14.6. The molecule has 38 heavy (non-hydrogen) atoms. The van der Waals surface area contributed by atoms with Crippen LogP contribution in [0, 0.1) is 0 Å². The van der Waals surface area contributed by atoms with Crippen LogP contribution in [0.25, 0.3) is 10.9 Å². The molecule has 0 spiro atoms. The van der Waals surface area contributed by atoms with Gasteiger partial charge in [0.2, 0.25) is 0 Å². The first-order valence-corrected chi connectivity index (χ1v) is 14.2. The van der Waals surface area contributed by atoms with Crippen LogP contribution < -0.4 is 10.5 Å². The summed E-state index contributed by atoms with van der Waals surface area (Å²) in [6, 6.07) is 14.7. The van der Waals surface area contributed by atoms with Crippen molar-refractivity contribution in [2.75, 3.05) is 24.8 Å². The second-order valence-corrected chi connectivity index (χ2v) is 10.6. The fourth-order valence-electron chi connectivity index (χ4n) is 4.45. The van der Waals surface area contributed by atoms with Crippen molar-refractivity contribution in [3.8, 4) is 5.75 Å². The number of esters is 1. The zero-order chi connectivity index (χ0) is 27.5. The Kier molecular flexibility index (Phi) is 11.3. The number of thioether (sulfide) groups is 1. The second-order valence-electron chi connectivity index (χ2n) is 9.47. The predicted molar refractivity (Wildman–Crippen MR) is 154 cm³/mol. The maximum atomic E-state index is 13.2. The molecule has 0 aliphatic rings. The predicted octanol–water partition coefficient (Wildman–Crippen LogP) is 6.30. The van der Waals surface area contributed by atoms with Crippen LogP contribution in [0.1, 0.15) is 68.1 Å². The molecule has 0 unspecified atom stereocenters. The normalized spacial score (nSPS) is 11.0. The number of methoxy groups -OCH3 is 1. The van der Waals surface area contributed by atoms with Gasteiger partial charge in [-0.1, -0.05) is 56.7 Å². The van der Waals surface area contributed by atoms with Crippen molar-refractivity contribution in [1.29, 1.82) is 0 Å². The molecule has 0 aliphatic heterocycles. The van der Waals surface area contributed by atoms with Crippen molar-refractivity contribution in [2.45, 2.75) is 62.7 Å². The molecule has 1 amide bonds. The van der Waals surface area contributed by atoms with Gasteiger partial charge in [0.25, 0.3) is 11.5 Å². The Bertz CT molecular complexity index is 1290. The van der Waals surface area contributed by atoms with E-state index >= 15 is 0 Å². The standard InChI is InChI=1S/C30H38N2O5S/c1-31(22-15-11-10-12-16-22)29(35)27-28(34)24-21-23(18-19-25(24)32(2)30(27)36)38-20-14-9-7-5-4-6-8-13-17-26(33)37-3/h10-12,15-16,18-19,21,34H,4-9,13-14,17,20H2,1-3H3. The van der Waals surface area contributed by atoms with Crippen LogP contribution in [0.3, 0.4) is 0 Å². The minimum Gasteiger partial charge on any atom is -0.506 e. The number of unbranched alkanes of at least 4 members (excludes halogenated alkanes) is 7. The van der Waals surface area contributed by atoms with Gasteiger partial charge in [0, 0.05) is 36.5 Å². The van der Waals surface area contributed by atoms with E-state index in [9.17, 15) is 19.5 Å². The summed E-state index contributed by atoms with van der Waals surface area (Å²) in [6.45, 7) is 0. The summed E-state index contributed by atoms with van der Waals surface area (Å²) >= 11 is 1.71. The van der Waals surface area contributed by atoms with E-state index in [1.807, 2.05) is 36.4 Å². The lowest BCUT2D eigenvalue weighted by atomic mass is 10.1. The zero-order valence-corrected chi connectivity index (χ0v) is 23.4. The molecule has 0 bridgehead atoms. The minimum atomic E-state index is -0.544. The molecular weight excluding hydrogens is 500 g/mol. The highest BCUT2D eigenvalue weighted by Crippen LogP contribution is 2.32. The summed E-state index contributed by atoms with van der Waals surface area (Å²) in [5.74, 6) is 0.0140. The molecule has 0 radical (unpaired) electrons. The molecule has 1 heterocycles. The van der Waals surface area contributed by atoms with E-state index in [4.69, 9.17) is 0 Å². The zero-order valence-electron chi connectivity index (χ0n) is 22.6. The largest absolute Gasteiger partial charge is 0.506 e. The van der Waals surface area contributed by atoms with Crippen LogP contribution in [-0.4, -0.2) is 41.5 Å². The molecule has 3 rings (SSSR count). The first-order chi connectivity index (χ1) is 18.3. The van der Waals surface area contributed by atoms with E-state index in [2.05, 4.69) is 4.74 Å². The lowest BCUT2D eigenvalue weighted by molar-refractivity contribution is -0.140. The fraction of sp³-hybridized carbons (Fsp3) is 0.433. The third-order valence-corrected chi connectivity index (χ3v) is 7.85. The van der Waals surface area contributed by atoms with Gasteiger partial charge < -0.3 is 19.3 Å². The Morgan fingerprint density at radius 1 is 0.947 bits per heavy atom. The number of hydrogen-bond donors (Lipinski definition) is 1. The summed E-state index contributed by atoms with van der Waals surface area (Å²) in [6.07, 6.45) is 9.48. The highest BCUT2D eigenvalue weighted by atomic mass is 32.2. The lowest BCUT2D eigenvalue weighted by Gasteiger charge is -2.19. The van der Waals surface area contributed by atoms with E-state index in [1.54, 1.807) is 38.0 Å². The number of fused-ring (bicyclic) bond motifs is 1. The van der Waals surface area contributed by atoms with Gasteiger partial charge in [0.15, 0.2) is 0 Å². The average molecular weight is 539 g/mol. The van der Waals surface area contributed by atoms with Crippen LogP contribution in [-0.2, 0) is 16.6 Å². The minimum absolute atomic E-state index is 0.127. The number of aryl methyl sites for hydroxylation is 1. The summed E-state index contributed by atoms with van der Waals surface area (Å²) in [5, 5.41) is 11.5. The van der Waals surface area contributed by atoms with Crippen molar-refractivity contribution in [2.24, 2.45) is 7.05 Å². The summed E-state index contributed by atoms with van der Waals surface area (Å²) in [5.41, 5.74) is 0.481. The number of pyridine rings is 1. The highest BCUT2D eigenvalue weighted by molar-refractivity contribution is 7.99. The molecule has 3 aromatic rings. The summed E-state index contributed by atoms with van der Waals surface area (Å²) in [4.78, 5) is 39.7. The van der Waals surface area contributed by atoms with Crippen molar-refractivity contribution in [1.82, 2.24) is 4.57 Å². The Balaban J connectivity index is 1.55. The Hall–Kier alpha value is -3.26. The molecule has 0 aliphatic carbocycles. The topological polar surface area (TPSA) is 88.8 Å². The molecule has 1 N–H and O–H groups in total. The quantitative estimate of drug-likeness (QED) is 0.147. The van der Waals surface area contributed by atoms with Gasteiger partial charge >= 0.3 is 5.97 Å². The van der Waals surface area contributed by atoms with Crippen LogP contribution in [0.4, 0.5) is 5.69 Å². The van der Waals surface area contributed by atoms with E-state index < -0.39 is 11.5 Å². The number of benzene rings is 2. The number of para-hydroxylation sites is 1. The molecule has 0 atom stereocenters. The van der Waals surface area contributed by atoms with Gasteiger partial charge in [0.05, 0.1) is 12.6 Å². The number of amides is 1. The average Bonchev–Trinajstić information content (AvgIpc) is 2.94. The van der Waals surface area contributed by atoms with Crippen molar-refractivity contribution < 1.29 is 19.4 Å². The molecule has 0 saturated heterocycles. The van der Waals surface area contributed by atoms with E-state index in [0.29, 0.717) is 23.0 Å². The number of ether oxygens (including phenoxy) is 1.